The zero-order chi connectivity index (χ0) is 37.9. The Balaban J connectivity index is 1.16. The molecule has 6 nitrogen and oxygen atoms in total. The zero-order valence-electron chi connectivity index (χ0n) is 30.8. The normalized spacial score (nSPS) is 12.4. The third-order valence-electron chi connectivity index (χ3n) is 11.6. The Morgan fingerprint density at radius 2 is 1.07 bits per heavy atom. The van der Waals surface area contributed by atoms with Crippen LogP contribution in [0.25, 0.3) is 111 Å². The summed E-state index contributed by atoms with van der Waals surface area (Å²) >= 11 is 1.82. The van der Waals surface area contributed by atoms with E-state index in [2.05, 4.69) is 149 Å². The summed E-state index contributed by atoms with van der Waals surface area (Å²) in [5.41, 5.74) is 11.4. The van der Waals surface area contributed by atoms with E-state index in [4.69, 9.17) is 19.4 Å². The molecule has 7 heteroatoms. The van der Waals surface area contributed by atoms with E-state index in [1.54, 1.807) is 0 Å². The highest BCUT2D eigenvalue weighted by Gasteiger charge is 2.28. The molecule has 58 heavy (non-hydrogen) atoms. The predicted molar refractivity (Wildman–Crippen MR) is 236 cm³/mol. The number of aromatic nitrogens is 5. The molecule has 0 atom stereocenters. The van der Waals surface area contributed by atoms with Gasteiger partial charge in [-0.1, -0.05) is 133 Å². The summed E-state index contributed by atoms with van der Waals surface area (Å²) < 4.78 is 11.1. The molecule has 5 heterocycles. The Labute approximate surface area is 335 Å². The lowest BCUT2D eigenvalue weighted by atomic mass is 10.0. The van der Waals surface area contributed by atoms with Gasteiger partial charge in [-0.2, -0.15) is 9.97 Å². The minimum absolute atomic E-state index is 0.553. The van der Waals surface area contributed by atoms with E-state index >= 15 is 0 Å². The maximum Gasteiger partial charge on any atom is 0.238 e. The van der Waals surface area contributed by atoms with E-state index in [9.17, 15) is 0 Å². The summed E-state index contributed by atoms with van der Waals surface area (Å²) in [4.78, 5) is 18.2. The minimum atomic E-state index is 0.553. The lowest BCUT2D eigenvalue weighted by Gasteiger charge is -2.20. The molecule has 12 aromatic rings. The number of hydrogen-bond donors (Lipinski definition) is 0. The number of furan rings is 1. The van der Waals surface area contributed by atoms with Gasteiger partial charge < -0.3 is 8.98 Å². The largest absolute Gasteiger partial charge is 0.456 e. The molecule has 0 fully saturated rings. The van der Waals surface area contributed by atoms with Crippen LogP contribution in [0.2, 0.25) is 0 Å². The fraction of sp³-hybridized carbons (Fsp3) is 0. The molecule has 0 aliphatic carbocycles. The molecule has 4 aromatic heterocycles. The van der Waals surface area contributed by atoms with Crippen molar-refractivity contribution in [3.05, 3.63) is 176 Å². The van der Waals surface area contributed by atoms with Crippen LogP contribution in [-0.4, -0.2) is 24.1 Å². The van der Waals surface area contributed by atoms with E-state index in [0.717, 1.165) is 55.0 Å². The van der Waals surface area contributed by atoms with Crippen molar-refractivity contribution in [3.63, 3.8) is 0 Å². The molecule has 270 valence electrons. The number of para-hydroxylation sites is 3. The molecule has 0 saturated heterocycles. The standard InChI is InChI=1S/C51H29N5OS/c1-3-13-30(14-4-1)32-24-26-39-37(27-32)46-41(29-45-48-47(46)36-18-7-9-19-38(36)55(48)40-20-10-12-22-44(40)58-45)56(39)51-53-49(31-15-5-2-6-16-31)52-50(54-51)33-23-25-35-34-17-8-11-21-42(34)57-43(35)28-33/h1-29H. The molecule has 1 aliphatic heterocycles. The van der Waals surface area contributed by atoms with Gasteiger partial charge in [0.1, 0.15) is 11.2 Å². The van der Waals surface area contributed by atoms with E-state index in [0.29, 0.717) is 17.6 Å². The molecular weight excluding hydrogens is 731 g/mol. The van der Waals surface area contributed by atoms with Crippen molar-refractivity contribution in [2.75, 3.05) is 0 Å². The van der Waals surface area contributed by atoms with Crippen LogP contribution in [0.3, 0.4) is 0 Å². The van der Waals surface area contributed by atoms with Gasteiger partial charge in [-0.15, -0.1) is 0 Å². The third kappa shape index (κ3) is 4.53. The molecule has 0 radical (unpaired) electrons. The van der Waals surface area contributed by atoms with Crippen molar-refractivity contribution in [2.24, 2.45) is 0 Å². The molecule has 0 spiro atoms. The van der Waals surface area contributed by atoms with Crippen LogP contribution < -0.4 is 0 Å². The Hall–Kier alpha value is -7.48. The van der Waals surface area contributed by atoms with Gasteiger partial charge in [0, 0.05) is 53.2 Å². The summed E-state index contributed by atoms with van der Waals surface area (Å²) in [7, 11) is 0. The number of fused-ring (bicyclic) bond motifs is 12. The number of hydrogen-bond acceptors (Lipinski definition) is 5. The highest BCUT2D eigenvalue weighted by atomic mass is 32.2. The van der Waals surface area contributed by atoms with Crippen LogP contribution in [0.15, 0.2) is 190 Å². The molecule has 0 bridgehead atoms. The van der Waals surface area contributed by atoms with Gasteiger partial charge in [-0.3, -0.25) is 4.57 Å². The fourth-order valence-electron chi connectivity index (χ4n) is 9.00. The van der Waals surface area contributed by atoms with Crippen molar-refractivity contribution in [1.29, 1.82) is 0 Å². The summed E-state index contributed by atoms with van der Waals surface area (Å²) in [6.07, 6.45) is 0. The zero-order valence-corrected chi connectivity index (χ0v) is 31.6. The lowest BCUT2D eigenvalue weighted by molar-refractivity contribution is 0.669. The Morgan fingerprint density at radius 1 is 0.397 bits per heavy atom. The average Bonchev–Trinajstić information content (AvgIpc) is 3.95. The molecule has 0 N–H and O–H groups in total. The topological polar surface area (TPSA) is 61.7 Å². The number of nitrogens with zero attached hydrogens (tertiary/aromatic N) is 5. The smallest absolute Gasteiger partial charge is 0.238 e. The molecular formula is C51H29N5OS. The van der Waals surface area contributed by atoms with E-state index in [-0.39, 0.29) is 0 Å². The molecule has 13 rings (SSSR count). The summed E-state index contributed by atoms with van der Waals surface area (Å²) in [6.45, 7) is 0. The van der Waals surface area contributed by atoms with E-state index in [1.807, 2.05) is 48.2 Å². The van der Waals surface area contributed by atoms with Gasteiger partial charge in [0.25, 0.3) is 0 Å². The molecule has 8 aromatic carbocycles. The van der Waals surface area contributed by atoms with Crippen molar-refractivity contribution in [3.8, 4) is 45.5 Å². The average molecular weight is 760 g/mol. The third-order valence-corrected chi connectivity index (χ3v) is 12.7. The van der Waals surface area contributed by atoms with Crippen LogP contribution in [0.5, 0.6) is 0 Å². The second-order valence-corrected chi connectivity index (χ2v) is 15.9. The first kappa shape index (κ1) is 31.7. The van der Waals surface area contributed by atoms with Crippen molar-refractivity contribution < 1.29 is 4.42 Å². The second kappa shape index (κ2) is 12.0. The van der Waals surface area contributed by atoms with Crippen LogP contribution in [0.4, 0.5) is 0 Å². The lowest BCUT2D eigenvalue weighted by Crippen LogP contribution is -2.07. The van der Waals surface area contributed by atoms with Gasteiger partial charge in [0.15, 0.2) is 11.6 Å². The van der Waals surface area contributed by atoms with Crippen LogP contribution in [-0.2, 0) is 0 Å². The van der Waals surface area contributed by atoms with E-state index in [1.165, 1.54) is 48.2 Å². The van der Waals surface area contributed by atoms with Gasteiger partial charge in [0.05, 0.1) is 27.8 Å². The molecule has 0 saturated carbocycles. The van der Waals surface area contributed by atoms with Crippen molar-refractivity contribution in [1.82, 2.24) is 24.1 Å². The Kier molecular flexibility index (Phi) is 6.56. The summed E-state index contributed by atoms with van der Waals surface area (Å²) in [6, 6.07) is 61.9. The molecule has 0 amide bonds. The van der Waals surface area contributed by atoms with Gasteiger partial charge in [0.2, 0.25) is 5.95 Å². The first-order valence-electron chi connectivity index (χ1n) is 19.4. The summed E-state index contributed by atoms with van der Waals surface area (Å²) in [5, 5.41) is 6.90. The second-order valence-electron chi connectivity index (χ2n) is 14.8. The minimum Gasteiger partial charge on any atom is -0.456 e. The number of rotatable bonds is 4. The van der Waals surface area contributed by atoms with E-state index < -0.39 is 0 Å². The van der Waals surface area contributed by atoms with Gasteiger partial charge >= 0.3 is 0 Å². The van der Waals surface area contributed by atoms with Gasteiger partial charge in [-0.25, -0.2) is 4.98 Å². The van der Waals surface area contributed by atoms with Crippen LogP contribution in [0, 0.1) is 0 Å². The summed E-state index contributed by atoms with van der Waals surface area (Å²) in [5.74, 6) is 1.73. The van der Waals surface area contributed by atoms with Crippen LogP contribution in [0.1, 0.15) is 0 Å². The highest BCUT2D eigenvalue weighted by molar-refractivity contribution is 7.99. The maximum absolute atomic E-state index is 6.35. The van der Waals surface area contributed by atoms with Crippen molar-refractivity contribution >= 4 is 77.3 Å². The Morgan fingerprint density at radius 3 is 1.93 bits per heavy atom. The first-order chi connectivity index (χ1) is 28.7. The monoisotopic (exact) mass is 759 g/mol. The SMILES string of the molecule is c1ccc(-c2ccc3c(c2)c2c4c5ccccc5n5c4c(cc2n3-c2nc(-c3ccccc3)nc(-c3ccc4c(c3)oc3ccccc34)n2)Sc2ccccc2-5)cc1. The Bertz CT molecular complexity index is 3660. The molecule has 0 unspecified atom stereocenters. The quantitative estimate of drug-likeness (QED) is 0.179. The number of benzene rings is 8. The van der Waals surface area contributed by atoms with Crippen LogP contribution >= 0.6 is 11.8 Å². The predicted octanol–water partition coefficient (Wildman–Crippen LogP) is 13.4. The maximum atomic E-state index is 6.35. The fourth-order valence-corrected chi connectivity index (χ4v) is 10.1. The van der Waals surface area contributed by atoms with Crippen molar-refractivity contribution in [2.45, 2.75) is 9.79 Å². The molecule has 1 aliphatic rings. The van der Waals surface area contributed by atoms with Gasteiger partial charge in [-0.05, 0) is 65.7 Å². The highest BCUT2D eigenvalue weighted by Crippen LogP contribution is 2.51. The first-order valence-corrected chi connectivity index (χ1v) is 20.2.